The van der Waals surface area contributed by atoms with E-state index < -0.39 is 0 Å². The van der Waals surface area contributed by atoms with Gasteiger partial charge in [-0.3, -0.25) is 4.98 Å². The van der Waals surface area contributed by atoms with Gasteiger partial charge in [-0.15, -0.1) is 0 Å². The van der Waals surface area contributed by atoms with E-state index in [0.717, 1.165) is 26.2 Å². The fraction of sp³-hybridized carbons (Fsp3) is 0.615. The third-order valence-corrected chi connectivity index (χ3v) is 3.16. The second kappa shape index (κ2) is 5.30. The van der Waals surface area contributed by atoms with Crippen molar-refractivity contribution in [1.82, 2.24) is 10.3 Å². The van der Waals surface area contributed by atoms with Crippen LogP contribution in [0.2, 0.25) is 0 Å². The Kier molecular flexibility index (Phi) is 3.78. The van der Waals surface area contributed by atoms with Crippen LogP contribution in [0.4, 0.5) is 5.69 Å². The molecule has 1 atom stereocenters. The molecular formula is C13H21N3. The van der Waals surface area contributed by atoms with Crippen molar-refractivity contribution >= 4 is 5.69 Å². The lowest BCUT2D eigenvalue weighted by Gasteiger charge is -2.31. The first-order valence-corrected chi connectivity index (χ1v) is 6.13. The Hall–Kier alpha value is -1.09. The summed E-state index contributed by atoms with van der Waals surface area (Å²) in [6.07, 6.45) is 5.08. The monoisotopic (exact) mass is 219 g/mol. The highest BCUT2D eigenvalue weighted by molar-refractivity contribution is 5.50. The Labute approximate surface area is 97.9 Å². The van der Waals surface area contributed by atoms with Gasteiger partial charge in [-0.25, -0.2) is 0 Å². The number of anilines is 1. The summed E-state index contributed by atoms with van der Waals surface area (Å²) in [5, 5.41) is 3.48. The van der Waals surface area contributed by atoms with Crippen molar-refractivity contribution in [3.63, 3.8) is 0 Å². The van der Waals surface area contributed by atoms with Crippen LogP contribution in [0.25, 0.3) is 0 Å². The molecule has 2 rings (SSSR count). The largest absolute Gasteiger partial charge is 0.370 e. The quantitative estimate of drug-likeness (QED) is 0.781. The summed E-state index contributed by atoms with van der Waals surface area (Å²) < 4.78 is 0. The summed E-state index contributed by atoms with van der Waals surface area (Å²) in [5.74, 6) is 0.694. The first-order valence-electron chi connectivity index (χ1n) is 6.13. The molecular weight excluding hydrogens is 198 g/mol. The number of rotatable bonds is 1. The number of nitrogens with zero attached hydrogens (tertiary/aromatic N) is 2. The van der Waals surface area contributed by atoms with Gasteiger partial charge in [0.05, 0.1) is 11.9 Å². The summed E-state index contributed by atoms with van der Waals surface area (Å²) in [7, 11) is 0. The van der Waals surface area contributed by atoms with Crippen molar-refractivity contribution in [1.29, 1.82) is 0 Å². The summed E-state index contributed by atoms with van der Waals surface area (Å²) in [4.78, 5) is 6.72. The van der Waals surface area contributed by atoms with Gasteiger partial charge in [0, 0.05) is 19.3 Å². The number of hydrogen-bond donors (Lipinski definition) is 1. The minimum absolute atomic E-state index is 0.694. The molecule has 1 aromatic rings. The van der Waals surface area contributed by atoms with Crippen LogP contribution >= 0.6 is 0 Å². The molecule has 1 aliphatic heterocycles. The molecule has 16 heavy (non-hydrogen) atoms. The maximum absolute atomic E-state index is 4.24. The van der Waals surface area contributed by atoms with E-state index in [1.54, 1.807) is 0 Å². The van der Waals surface area contributed by atoms with E-state index in [9.17, 15) is 0 Å². The second-order valence-corrected chi connectivity index (χ2v) is 4.77. The van der Waals surface area contributed by atoms with Gasteiger partial charge in [0.25, 0.3) is 0 Å². The van der Waals surface area contributed by atoms with Crippen LogP contribution in [-0.2, 0) is 0 Å². The topological polar surface area (TPSA) is 28.2 Å². The average molecular weight is 219 g/mol. The van der Waals surface area contributed by atoms with Gasteiger partial charge in [0.15, 0.2) is 0 Å². The van der Waals surface area contributed by atoms with Gasteiger partial charge in [-0.2, -0.15) is 0 Å². The van der Waals surface area contributed by atoms with E-state index in [4.69, 9.17) is 0 Å². The molecule has 1 aromatic heterocycles. The molecule has 1 unspecified atom stereocenters. The SMILES string of the molecule is Cc1ccncc1N1CCCNCC(C)C1. The molecule has 3 nitrogen and oxygen atoms in total. The Bertz CT molecular complexity index is 338. The molecule has 0 aromatic carbocycles. The number of hydrogen-bond acceptors (Lipinski definition) is 3. The Morgan fingerprint density at radius 2 is 2.38 bits per heavy atom. The number of pyridine rings is 1. The molecule has 0 bridgehead atoms. The van der Waals surface area contributed by atoms with E-state index in [1.165, 1.54) is 17.7 Å². The molecule has 0 amide bonds. The summed E-state index contributed by atoms with van der Waals surface area (Å²) in [6, 6.07) is 2.09. The Morgan fingerprint density at radius 1 is 1.50 bits per heavy atom. The fourth-order valence-electron chi connectivity index (χ4n) is 2.28. The molecule has 0 aliphatic carbocycles. The molecule has 3 heteroatoms. The first-order chi connectivity index (χ1) is 7.77. The summed E-state index contributed by atoms with van der Waals surface area (Å²) in [5.41, 5.74) is 2.63. The highest BCUT2D eigenvalue weighted by Gasteiger charge is 2.14. The zero-order chi connectivity index (χ0) is 11.4. The van der Waals surface area contributed by atoms with Crippen LogP contribution in [-0.4, -0.2) is 31.2 Å². The first kappa shape index (κ1) is 11.4. The minimum atomic E-state index is 0.694. The maximum atomic E-state index is 4.24. The van der Waals surface area contributed by atoms with Gasteiger partial charge in [-0.05, 0) is 44.0 Å². The molecule has 0 radical (unpaired) electrons. The van der Waals surface area contributed by atoms with E-state index in [2.05, 4.69) is 35.1 Å². The normalized spacial score (nSPS) is 22.6. The second-order valence-electron chi connectivity index (χ2n) is 4.77. The summed E-state index contributed by atoms with van der Waals surface area (Å²) >= 11 is 0. The van der Waals surface area contributed by atoms with Gasteiger partial charge in [0.1, 0.15) is 0 Å². The molecule has 2 heterocycles. The van der Waals surface area contributed by atoms with Gasteiger partial charge in [-0.1, -0.05) is 6.92 Å². The minimum Gasteiger partial charge on any atom is -0.370 e. The molecule has 1 N–H and O–H groups in total. The smallest absolute Gasteiger partial charge is 0.0582 e. The summed E-state index contributed by atoms with van der Waals surface area (Å²) in [6.45, 7) is 8.97. The highest BCUT2D eigenvalue weighted by Crippen LogP contribution is 2.20. The average Bonchev–Trinajstić information content (AvgIpc) is 2.24. The molecule has 1 fully saturated rings. The van der Waals surface area contributed by atoms with Crippen molar-refractivity contribution in [2.75, 3.05) is 31.1 Å². The lowest BCUT2D eigenvalue weighted by atomic mass is 10.1. The Morgan fingerprint density at radius 3 is 3.19 bits per heavy atom. The van der Waals surface area contributed by atoms with Crippen LogP contribution < -0.4 is 10.2 Å². The predicted molar refractivity (Wildman–Crippen MR) is 67.8 cm³/mol. The van der Waals surface area contributed by atoms with Gasteiger partial charge >= 0.3 is 0 Å². The van der Waals surface area contributed by atoms with Crippen molar-refractivity contribution < 1.29 is 0 Å². The van der Waals surface area contributed by atoms with Crippen LogP contribution in [0.1, 0.15) is 18.9 Å². The van der Waals surface area contributed by atoms with Gasteiger partial charge in [0.2, 0.25) is 0 Å². The fourth-order valence-corrected chi connectivity index (χ4v) is 2.28. The number of aromatic nitrogens is 1. The zero-order valence-corrected chi connectivity index (χ0v) is 10.2. The maximum Gasteiger partial charge on any atom is 0.0582 e. The number of nitrogens with one attached hydrogen (secondary N) is 1. The molecule has 1 saturated heterocycles. The lowest BCUT2D eigenvalue weighted by Crippen LogP contribution is -2.39. The molecule has 1 aliphatic rings. The van der Waals surface area contributed by atoms with E-state index in [1.807, 2.05) is 12.4 Å². The van der Waals surface area contributed by atoms with Crippen molar-refractivity contribution in [3.05, 3.63) is 24.0 Å². The van der Waals surface area contributed by atoms with Crippen LogP contribution in [0.15, 0.2) is 18.5 Å². The highest BCUT2D eigenvalue weighted by atomic mass is 15.1. The van der Waals surface area contributed by atoms with E-state index >= 15 is 0 Å². The van der Waals surface area contributed by atoms with Gasteiger partial charge < -0.3 is 10.2 Å². The third-order valence-electron chi connectivity index (χ3n) is 3.16. The molecule has 0 spiro atoms. The van der Waals surface area contributed by atoms with Crippen molar-refractivity contribution in [3.8, 4) is 0 Å². The standard InChI is InChI=1S/C13H21N3/c1-11-8-14-5-3-7-16(10-11)13-9-15-6-4-12(13)2/h4,6,9,11,14H,3,5,7-8,10H2,1-2H3. The van der Waals surface area contributed by atoms with Crippen LogP contribution in [0.3, 0.4) is 0 Å². The number of aryl methyl sites for hydroxylation is 1. The van der Waals surface area contributed by atoms with Crippen molar-refractivity contribution in [2.45, 2.75) is 20.3 Å². The third kappa shape index (κ3) is 2.73. The van der Waals surface area contributed by atoms with Crippen molar-refractivity contribution in [2.24, 2.45) is 5.92 Å². The lowest BCUT2D eigenvalue weighted by molar-refractivity contribution is 0.467. The van der Waals surface area contributed by atoms with Crippen LogP contribution in [0, 0.1) is 12.8 Å². The molecule has 0 saturated carbocycles. The zero-order valence-electron chi connectivity index (χ0n) is 10.2. The Balaban J connectivity index is 2.14. The van der Waals surface area contributed by atoms with E-state index in [0.29, 0.717) is 5.92 Å². The predicted octanol–water partition coefficient (Wildman–Crippen LogP) is 1.83. The molecule has 88 valence electrons. The van der Waals surface area contributed by atoms with E-state index in [-0.39, 0.29) is 0 Å². The van der Waals surface area contributed by atoms with Crippen LogP contribution in [0.5, 0.6) is 0 Å².